The van der Waals surface area contributed by atoms with Crippen LogP contribution in [0.4, 0.5) is 0 Å². The number of ether oxygens (including phenoxy) is 1. The highest BCUT2D eigenvalue weighted by Crippen LogP contribution is 2.31. The van der Waals surface area contributed by atoms with Crippen LogP contribution in [0.25, 0.3) is 0 Å². The number of hydrogen-bond donors (Lipinski definition) is 0. The second kappa shape index (κ2) is 7.74. The molecule has 8 heteroatoms. The van der Waals surface area contributed by atoms with E-state index in [1.165, 1.54) is 19.2 Å². The van der Waals surface area contributed by atoms with Crippen LogP contribution in [0.5, 0.6) is 5.75 Å². The number of halogens is 2. The first-order valence-corrected chi connectivity index (χ1v) is 9.51. The molecule has 134 valence electrons. The van der Waals surface area contributed by atoms with E-state index in [-0.39, 0.29) is 20.7 Å². The van der Waals surface area contributed by atoms with Crippen LogP contribution in [0.15, 0.2) is 41.3 Å². The van der Waals surface area contributed by atoms with Crippen molar-refractivity contribution in [2.45, 2.75) is 18.7 Å². The van der Waals surface area contributed by atoms with Gasteiger partial charge in [0, 0.05) is 7.05 Å². The Morgan fingerprint density at radius 2 is 1.80 bits per heavy atom. The summed E-state index contributed by atoms with van der Waals surface area (Å²) in [4.78, 5) is 12.2. The van der Waals surface area contributed by atoms with E-state index in [1.54, 1.807) is 24.3 Å². The molecule has 0 saturated heterocycles. The van der Waals surface area contributed by atoms with Crippen molar-refractivity contribution in [3.8, 4) is 5.75 Å². The lowest BCUT2D eigenvalue weighted by atomic mass is 10.1. The molecule has 0 N–H and O–H groups in total. The van der Waals surface area contributed by atoms with E-state index < -0.39 is 22.5 Å². The number of benzene rings is 2. The summed E-state index contributed by atoms with van der Waals surface area (Å²) in [6.45, 7) is 3.25. The lowest BCUT2D eigenvalue weighted by Gasteiger charge is -2.17. The van der Waals surface area contributed by atoms with Crippen LogP contribution >= 0.6 is 23.2 Å². The number of esters is 1. The van der Waals surface area contributed by atoms with Gasteiger partial charge in [-0.3, -0.25) is 4.79 Å². The Kier molecular flexibility index (Phi) is 6.11. The Bertz CT molecular complexity index is 913. The van der Waals surface area contributed by atoms with Gasteiger partial charge in [0.25, 0.3) is 0 Å². The molecule has 25 heavy (non-hydrogen) atoms. The van der Waals surface area contributed by atoms with Gasteiger partial charge in [-0.2, -0.15) is 4.31 Å². The Labute approximate surface area is 157 Å². The third kappa shape index (κ3) is 4.52. The lowest BCUT2D eigenvalue weighted by Crippen LogP contribution is -2.34. The molecule has 0 heterocycles. The molecule has 2 aromatic carbocycles. The predicted octanol–water partition coefficient (Wildman–Crippen LogP) is 3.84. The molecule has 0 saturated carbocycles. The fourth-order valence-corrected chi connectivity index (χ4v) is 3.57. The molecule has 0 aliphatic rings. The van der Waals surface area contributed by atoms with Crippen molar-refractivity contribution in [2.24, 2.45) is 0 Å². The van der Waals surface area contributed by atoms with Gasteiger partial charge in [-0.05, 0) is 49.2 Å². The maximum atomic E-state index is 12.6. The summed E-state index contributed by atoms with van der Waals surface area (Å²) in [5.74, 6) is -0.685. The second-order valence-electron chi connectivity index (χ2n) is 5.53. The van der Waals surface area contributed by atoms with Crippen molar-refractivity contribution in [3.05, 3.63) is 57.6 Å². The van der Waals surface area contributed by atoms with Crippen molar-refractivity contribution >= 4 is 39.2 Å². The fraction of sp³-hybridized carbons (Fsp3) is 0.235. The number of hydrogen-bond acceptors (Lipinski definition) is 4. The van der Waals surface area contributed by atoms with Crippen molar-refractivity contribution in [3.63, 3.8) is 0 Å². The highest BCUT2D eigenvalue weighted by Gasteiger charge is 2.24. The minimum atomic E-state index is -3.81. The van der Waals surface area contributed by atoms with Crippen molar-refractivity contribution in [2.75, 3.05) is 13.6 Å². The largest absolute Gasteiger partial charge is 0.424 e. The first-order chi connectivity index (χ1) is 11.6. The molecule has 0 amide bonds. The smallest absolute Gasteiger partial charge is 0.326 e. The zero-order valence-electron chi connectivity index (χ0n) is 13.9. The maximum absolute atomic E-state index is 12.6. The Morgan fingerprint density at radius 3 is 2.44 bits per heavy atom. The van der Waals surface area contributed by atoms with Crippen LogP contribution in [0, 0.1) is 13.8 Å². The lowest BCUT2D eigenvalue weighted by molar-refractivity contribution is -0.134. The number of aryl methyl sites for hydroxylation is 2. The van der Waals surface area contributed by atoms with Gasteiger partial charge in [-0.1, -0.05) is 35.3 Å². The van der Waals surface area contributed by atoms with E-state index >= 15 is 0 Å². The highest BCUT2D eigenvalue weighted by molar-refractivity contribution is 7.89. The van der Waals surface area contributed by atoms with E-state index in [1.807, 2.05) is 13.8 Å². The van der Waals surface area contributed by atoms with Gasteiger partial charge in [0.2, 0.25) is 10.0 Å². The summed E-state index contributed by atoms with van der Waals surface area (Å²) >= 11 is 11.8. The molecule has 0 aliphatic carbocycles. The average molecular weight is 402 g/mol. The molecule has 0 radical (unpaired) electrons. The van der Waals surface area contributed by atoms with Crippen LogP contribution in [-0.2, 0) is 14.8 Å². The first kappa shape index (κ1) is 19.7. The normalized spacial score (nSPS) is 11.6. The van der Waals surface area contributed by atoms with E-state index in [2.05, 4.69) is 0 Å². The molecule has 0 atom stereocenters. The Balaban J connectivity index is 2.14. The number of carbonyl (C=O) groups is 1. The molecular formula is C17H17Cl2NO4S. The molecule has 0 aliphatic heterocycles. The summed E-state index contributed by atoms with van der Waals surface area (Å²) in [6.07, 6.45) is 0. The minimum Gasteiger partial charge on any atom is -0.424 e. The summed E-state index contributed by atoms with van der Waals surface area (Å²) in [6, 6.07) is 9.40. The second-order valence-corrected chi connectivity index (χ2v) is 8.36. The standard InChI is InChI=1S/C17H17Cl2NO4S/c1-11-7-8-13(9-12(11)2)25(22,23)20(3)10-16(21)24-15-6-4-5-14(18)17(15)19/h4-9H,10H2,1-3H3. The third-order valence-corrected chi connectivity index (χ3v) is 6.28. The van der Waals surface area contributed by atoms with Gasteiger partial charge >= 0.3 is 5.97 Å². The van der Waals surface area contributed by atoms with Crippen LogP contribution in [0.1, 0.15) is 11.1 Å². The Hall–Kier alpha value is -1.60. The molecule has 0 unspecified atom stereocenters. The number of likely N-dealkylation sites (N-methyl/N-ethyl adjacent to an activating group) is 1. The molecule has 0 spiro atoms. The average Bonchev–Trinajstić information content (AvgIpc) is 2.54. The topological polar surface area (TPSA) is 63.7 Å². The van der Waals surface area contributed by atoms with Gasteiger partial charge in [0.15, 0.2) is 5.75 Å². The van der Waals surface area contributed by atoms with Crippen molar-refractivity contribution in [1.29, 1.82) is 0 Å². The molecule has 0 bridgehead atoms. The molecule has 2 aromatic rings. The van der Waals surface area contributed by atoms with Crippen LogP contribution in [0.3, 0.4) is 0 Å². The fourth-order valence-electron chi connectivity index (χ4n) is 2.04. The Morgan fingerprint density at radius 1 is 1.12 bits per heavy atom. The van der Waals surface area contributed by atoms with Crippen LogP contribution < -0.4 is 4.74 Å². The number of rotatable bonds is 5. The number of nitrogens with zero attached hydrogens (tertiary/aromatic N) is 1. The van der Waals surface area contributed by atoms with Gasteiger partial charge in [-0.25, -0.2) is 8.42 Å². The van der Waals surface area contributed by atoms with Crippen LogP contribution in [-0.4, -0.2) is 32.3 Å². The SMILES string of the molecule is Cc1ccc(S(=O)(=O)N(C)CC(=O)Oc2cccc(Cl)c2Cl)cc1C. The van der Waals surface area contributed by atoms with Crippen molar-refractivity contribution < 1.29 is 17.9 Å². The van der Waals surface area contributed by atoms with Crippen molar-refractivity contribution in [1.82, 2.24) is 4.31 Å². The molecule has 0 fully saturated rings. The third-order valence-electron chi connectivity index (χ3n) is 3.68. The molecular weight excluding hydrogens is 385 g/mol. The summed E-state index contributed by atoms with van der Waals surface area (Å²) in [5.41, 5.74) is 1.83. The van der Waals surface area contributed by atoms with Crippen LogP contribution in [0.2, 0.25) is 10.0 Å². The monoisotopic (exact) mass is 401 g/mol. The first-order valence-electron chi connectivity index (χ1n) is 7.31. The van der Waals surface area contributed by atoms with E-state index in [4.69, 9.17) is 27.9 Å². The van der Waals surface area contributed by atoms with Gasteiger partial charge < -0.3 is 4.74 Å². The molecule has 0 aromatic heterocycles. The summed E-state index contributed by atoms with van der Waals surface area (Å²) < 4.78 is 31.2. The molecule has 2 rings (SSSR count). The van der Waals surface area contributed by atoms with E-state index in [9.17, 15) is 13.2 Å². The zero-order chi connectivity index (χ0) is 18.8. The highest BCUT2D eigenvalue weighted by atomic mass is 35.5. The summed E-state index contributed by atoms with van der Waals surface area (Å²) in [7, 11) is -2.50. The van der Waals surface area contributed by atoms with Gasteiger partial charge in [-0.15, -0.1) is 0 Å². The quantitative estimate of drug-likeness (QED) is 0.563. The predicted molar refractivity (Wildman–Crippen MR) is 97.8 cm³/mol. The number of carbonyl (C=O) groups excluding carboxylic acids is 1. The summed E-state index contributed by atoms with van der Waals surface area (Å²) in [5, 5.41) is 0.334. The maximum Gasteiger partial charge on any atom is 0.326 e. The minimum absolute atomic E-state index is 0.0798. The molecule has 5 nitrogen and oxygen atoms in total. The zero-order valence-corrected chi connectivity index (χ0v) is 16.2. The van der Waals surface area contributed by atoms with Gasteiger partial charge in [0.1, 0.15) is 11.6 Å². The van der Waals surface area contributed by atoms with Gasteiger partial charge in [0.05, 0.1) is 9.92 Å². The van der Waals surface area contributed by atoms with E-state index in [0.29, 0.717) is 0 Å². The number of sulfonamides is 1. The van der Waals surface area contributed by atoms with E-state index in [0.717, 1.165) is 15.4 Å².